The second kappa shape index (κ2) is 6.48. The monoisotopic (exact) mass is 324 g/mol. The van der Waals surface area contributed by atoms with Crippen LogP contribution in [0.25, 0.3) is 0 Å². The van der Waals surface area contributed by atoms with Crippen LogP contribution in [0, 0.1) is 0 Å². The van der Waals surface area contributed by atoms with Crippen molar-refractivity contribution in [1.82, 2.24) is 10.6 Å². The van der Waals surface area contributed by atoms with Gasteiger partial charge in [-0.2, -0.15) is 0 Å². The number of carbonyl (C=O) groups excluding carboxylic acids is 2. The van der Waals surface area contributed by atoms with E-state index in [1.54, 1.807) is 18.2 Å². The molecule has 1 saturated carbocycles. The zero-order valence-electron chi connectivity index (χ0n) is 12.5. The highest BCUT2D eigenvalue weighted by atomic mass is 32.2. The molecule has 2 rings (SSSR count). The van der Waals surface area contributed by atoms with E-state index in [-0.39, 0.29) is 4.90 Å². The first kappa shape index (κ1) is 16.5. The predicted molar refractivity (Wildman–Crippen MR) is 81.8 cm³/mol. The van der Waals surface area contributed by atoms with E-state index in [0.29, 0.717) is 25.7 Å². The number of carbonyl (C=O) groups is 2. The molecule has 7 heteroatoms. The fraction of sp³-hybridized carbons (Fsp3) is 0.467. The first-order valence-electron chi connectivity index (χ1n) is 7.27. The lowest BCUT2D eigenvalue weighted by Gasteiger charge is -2.37. The van der Waals surface area contributed by atoms with Gasteiger partial charge in [-0.15, -0.1) is 0 Å². The summed E-state index contributed by atoms with van der Waals surface area (Å²) in [6.07, 6.45) is 3.05. The van der Waals surface area contributed by atoms with Crippen LogP contribution < -0.4 is 10.6 Å². The number of hydrogen-bond acceptors (Lipinski definition) is 4. The third kappa shape index (κ3) is 3.30. The van der Waals surface area contributed by atoms with Gasteiger partial charge in [-0.1, -0.05) is 37.5 Å². The van der Waals surface area contributed by atoms with Crippen LogP contribution in [0.1, 0.15) is 39.0 Å². The zero-order valence-corrected chi connectivity index (χ0v) is 13.3. The smallest absolute Gasteiger partial charge is 0.318 e. The van der Waals surface area contributed by atoms with Crippen LogP contribution in [0.3, 0.4) is 0 Å². The number of amides is 3. The van der Waals surface area contributed by atoms with Gasteiger partial charge >= 0.3 is 6.03 Å². The van der Waals surface area contributed by atoms with E-state index in [4.69, 9.17) is 0 Å². The molecule has 0 heterocycles. The first-order chi connectivity index (χ1) is 10.4. The fourth-order valence-electron chi connectivity index (χ4n) is 2.81. The van der Waals surface area contributed by atoms with E-state index >= 15 is 0 Å². The van der Waals surface area contributed by atoms with Crippen molar-refractivity contribution in [2.75, 3.05) is 0 Å². The van der Waals surface area contributed by atoms with E-state index in [1.165, 1.54) is 19.1 Å². The summed E-state index contributed by atoms with van der Waals surface area (Å²) in [5, 5.41) is 4.63. The topological polar surface area (TPSA) is 92.3 Å². The highest BCUT2D eigenvalue weighted by Crippen LogP contribution is 2.36. The van der Waals surface area contributed by atoms with Crippen LogP contribution in [0.2, 0.25) is 0 Å². The molecule has 0 saturated heterocycles. The average Bonchev–Trinajstić information content (AvgIpc) is 2.48. The molecule has 120 valence electrons. The number of rotatable bonds is 3. The Hall–Kier alpha value is -1.89. The molecule has 0 aromatic heterocycles. The molecular formula is C15H20N2O4S. The van der Waals surface area contributed by atoms with Gasteiger partial charge in [0.05, 0.1) is 4.90 Å². The number of nitrogens with one attached hydrogen (secondary N) is 2. The molecule has 0 spiro atoms. The van der Waals surface area contributed by atoms with E-state index in [9.17, 15) is 18.0 Å². The lowest BCUT2D eigenvalue weighted by atomic mass is 9.95. The normalized spacial score (nSPS) is 17.5. The van der Waals surface area contributed by atoms with Crippen molar-refractivity contribution in [3.8, 4) is 0 Å². The minimum atomic E-state index is -3.74. The predicted octanol–water partition coefficient (Wildman–Crippen LogP) is 1.97. The summed E-state index contributed by atoms with van der Waals surface area (Å²) in [7, 11) is -3.74. The molecule has 1 aliphatic rings. The van der Waals surface area contributed by atoms with Crippen LogP contribution >= 0.6 is 0 Å². The molecule has 1 aliphatic carbocycles. The Balaban J connectivity index is 2.37. The maximum atomic E-state index is 13.0. The molecule has 0 bridgehead atoms. The van der Waals surface area contributed by atoms with Crippen LogP contribution in [0.4, 0.5) is 4.79 Å². The van der Waals surface area contributed by atoms with E-state index in [2.05, 4.69) is 10.6 Å². The van der Waals surface area contributed by atoms with E-state index in [1.807, 2.05) is 0 Å². The minimum absolute atomic E-state index is 0.181. The largest absolute Gasteiger partial charge is 0.322 e. The van der Waals surface area contributed by atoms with Gasteiger partial charge in [0.25, 0.3) is 0 Å². The second-order valence-corrected chi connectivity index (χ2v) is 7.77. The lowest BCUT2D eigenvalue weighted by Crippen LogP contribution is -2.58. The summed E-state index contributed by atoms with van der Waals surface area (Å²) < 4.78 is 26.0. The van der Waals surface area contributed by atoms with Crippen molar-refractivity contribution in [2.45, 2.75) is 48.8 Å². The van der Waals surface area contributed by atoms with Gasteiger partial charge in [0, 0.05) is 6.92 Å². The standard InChI is InChI=1S/C15H20N2O4S/c1-12(18)16-14(19)17-15(10-6-3-7-11-15)22(20,21)13-8-4-2-5-9-13/h2,4-5,8-9H,3,6-7,10-11H2,1H3,(H2,16,17,18,19). The van der Waals surface area contributed by atoms with Gasteiger partial charge in [-0.3, -0.25) is 10.1 Å². The quantitative estimate of drug-likeness (QED) is 0.889. The van der Waals surface area contributed by atoms with Crippen LogP contribution in [-0.2, 0) is 14.6 Å². The van der Waals surface area contributed by atoms with E-state index < -0.39 is 26.6 Å². The molecule has 6 nitrogen and oxygen atoms in total. The summed E-state index contributed by atoms with van der Waals surface area (Å²) in [5.41, 5.74) is 0. The molecular weight excluding hydrogens is 304 g/mol. The van der Waals surface area contributed by atoms with Crippen molar-refractivity contribution in [3.63, 3.8) is 0 Å². The number of hydrogen-bond donors (Lipinski definition) is 2. The van der Waals surface area contributed by atoms with Crippen molar-refractivity contribution in [1.29, 1.82) is 0 Å². The molecule has 3 amide bonds. The molecule has 0 unspecified atom stereocenters. The zero-order chi connectivity index (χ0) is 16.2. The highest BCUT2D eigenvalue weighted by Gasteiger charge is 2.46. The van der Waals surface area contributed by atoms with Crippen molar-refractivity contribution in [2.24, 2.45) is 0 Å². The summed E-state index contributed by atoms with van der Waals surface area (Å²) >= 11 is 0. The SMILES string of the molecule is CC(=O)NC(=O)NC1(S(=O)(=O)c2ccccc2)CCCCC1. The van der Waals surface area contributed by atoms with Gasteiger partial charge in [0.1, 0.15) is 4.87 Å². The summed E-state index contributed by atoms with van der Waals surface area (Å²) in [4.78, 5) is 21.7. The summed E-state index contributed by atoms with van der Waals surface area (Å²) in [6, 6.07) is 7.32. The molecule has 0 radical (unpaired) electrons. The Morgan fingerprint density at radius 1 is 1.05 bits per heavy atom. The molecule has 0 aliphatic heterocycles. The van der Waals surface area contributed by atoms with Gasteiger partial charge in [0.2, 0.25) is 15.7 Å². The average molecular weight is 324 g/mol. The van der Waals surface area contributed by atoms with E-state index in [0.717, 1.165) is 6.42 Å². The van der Waals surface area contributed by atoms with Crippen molar-refractivity contribution < 1.29 is 18.0 Å². The Morgan fingerprint density at radius 3 is 2.18 bits per heavy atom. The molecule has 0 atom stereocenters. The third-order valence-electron chi connectivity index (χ3n) is 3.86. The molecule has 1 aromatic rings. The van der Waals surface area contributed by atoms with Gasteiger partial charge in [0.15, 0.2) is 0 Å². The number of imide groups is 1. The number of benzene rings is 1. The maximum Gasteiger partial charge on any atom is 0.322 e. The Bertz CT molecular complexity index is 649. The Morgan fingerprint density at radius 2 is 1.64 bits per heavy atom. The molecule has 22 heavy (non-hydrogen) atoms. The number of urea groups is 1. The molecule has 2 N–H and O–H groups in total. The highest BCUT2D eigenvalue weighted by molar-refractivity contribution is 7.92. The maximum absolute atomic E-state index is 13.0. The van der Waals surface area contributed by atoms with Crippen molar-refractivity contribution >= 4 is 21.8 Å². The third-order valence-corrected chi connectivity index (χ3v) is 6.29. The minimum Gasteiger partial charge on any atom is -0.318 e. The molecule has 1 aromatic carbocycles. The lowest BCUT2D eigenvalue weighted by molar-refractivity contribution is -0.117. The first-order valence-corrected chi connectivity index (χ1v) is 8.75. The summed E-state index contributed by atoms with van der Waals surface area (Å²) in [6.45, 7) is 1.21. The molecule has 1 fully saturated rings. The van der Waals surface area contributed by atoms with Gasteiger partial charge in [-0.05, 0) is 25.0 Å². The van der Waals surface area contributed by atoms with Crippen LogP contribution in [0.5, 0.6) is 0 Å². The second-order valence-electron chi connectivity index (χ2n) is 5.51. The van der Waals surface area contributed by atoms with Gasteiger partial charge < -0.3 is 5.32 Å². The summed E-state index contributed by atoms with van der Waals surface area (Å²) in [5.74, 6) is -0.527. The van der Waals surface area contributed by atoms with Crippen molar-refractivity contribution in [3.05, 3.63) is 30.3 Å². The number of sulfone groups is 1. The fourth-order valence-corrected chi connectivity index (χ4v) is 4.83. The van der Waals surface area contributed by atoms with Crippen LogP contribution in [0.15, 0.2) is 35.2 Å². The van der Waals surface area contributed by atoms with Gasteiger partial charge in [-0.25, -0.2) is 13.2 Å². The Labute approximate surface area is 130 Å². The Kier molecular flexibility index (Phi) is 4.85. The van der Waals surface area contributed by atoms with Crippen LogP contribution in [-0.4, -0.2) is 25.2 Å².